The normalized spacial score (nSPS) is 12.6. The quantitative estimate of drug-likeness (QED) is 0.379. The van der Waals surface area contributed by atoms with Gasteiger partial charge in [-0.1, -0.05) is 91.0 Å². The summed E-state index contributed by atoms with van der Waals surface area (Å²) in [5.41, 5.74) is 6.11. The highest BCUT2D eigenvalue weighted by molar-refractivity contribution is 6.81. The molecule has 0 aliphatic carbocycles. The van der Waals surface area contributed by atoms with E-state index in [9.17, 15) is 0 Å². The zero-order valence-electron chi connectivity index (χ0n) is 15.9. The van der Waals surface area contributed by atoms with Crippen molar-refractivity contribution in [1.29, 1.82) is 0 Å². The molecule has 0 saturated heterocycles. The summed E-state index contributed by atoms with van der Waals surface area (Å²) in [6, 6.07) is 36.7. The zero-order chi connectivity index (χ0) is 19.2. The molecule has 1 aliphatic heterocycles. The summed E-state index contributed by atoms with van der Waals surface area (Å²) in [4.78, 5) is 0. The Morgan fingerprint density at radius 1 is 0.483 bits per heavy atom. The average Bonchev–Trinajstić information content (AvgIpc) is 2.79. The van der Waals surface area contributed by atoms with Crippen LogP contribution in [-0.4, -0.2) is 6.98 Å². The van der Waals surface area contributed by atoms with Gasteiger partial charge in [-0.2, -0.15) is 0 Å². The molecule has 0 radical (unpaired) electrons. The van der Waals surface area contributed by atoms with E-state index >= 15 is 0 Å². The summed E-state index contributed by atoms with van der Waals surface area (Å²) in [5, 5.41) is 12.5. The molecule has 6 rings (SSSR count). The number of nitrogens with one attached hydrogen (secondary N) is 2. The molecular weight excluding hydrogens is 351 g/mol. The molecule has 5 aromatic rings. The molecule has 0 fully saturated rings. The second kappa shape index (κ2) is 6.42. The topological polar surface area (TPSA) is 24.1 Å². The maximum Gasteiger partial charge on any atom is 0.406 e. The smallest absolute Gasteiger partial charge is 0.405 e. The van der Waals surface area contributed by atoms with Crippen LogP contribution in [-0.2, 0) is 0 Å². The first kappa shape index (κ1) is 16.3. The Balaban J connectivity index is 1.52. The highest BCUT2D eigenvalue weighted by Gasteiger charge is 2.27. The SMILES string of the molecule is c1ccc(-c2cccc3ccccc23)c(B2Nc3cccc4cccc(c34)N2)c1. The van der Waals surface area contributed by atoms with Crippen LogP contribution in [0.4, 0.5) is 11.4 Å². The van der Waals surface area contributed by atoms with Gasteiger partial charge in [-0.25, -0.2) is 0 Å². The van der Waals surface area contributed by atoms with Crippen LogP contribution in [0, 0.1) is 0 Å². The number of hydrogen-bond donors (Lipinski definition) is 2. The minimum Gasteiger partial charge on any atom is -0.405 e. The van der Waals surface area contributed by atoms with E-state index in [1.165, 1.54) is 49.5 Å². The van der Waals surface area contributed by atoms with Crippen molar-refractivity contribution < 1.29 is 0 Å². The zero-order valence-corrected chi connectivity index (χ0v) is 15.9. The Hall–Kier alpha value is -3.72. The van der Waals surface area contributed by atoms with Crippen LogP contribution < -0.4 is 15.9 Å². The number of benzene rings is 5. The van der Waals surface area contributed by atoms with Gasteiger partial charge < -0.3 is 10.5 Å². The van der Waals surface area contributed by atoms with E-state index in [4.69, 9.17) is 0 Å². The Morgan fingerprint density at radius 3 is 1.90 bits per heavy atom. The van der Waals surface area contributed by atoms with Gasteiger partial charge in [-0.3, -0.25) is 0 Å². The molecule has 29 heavy (non-hydrogen) atoms. The van der Waals surface area contributed by atoms with E-state index in [1.807, 2.05) is 0 Å². The molecule has 2 N–H and O–H groups in total. The van der Waals surface area contributed by atoms with Crippen molar-refractivity contribution in [3.05, 3.63) is 103 Å². The molecule has 0 amide bonds. The van der Waals surface area contributed by atoms with Crippen molar-refractivity contribution in [2.24, 2.45) is 0 Å². The monoisotopic (exact) mass is 370 g/mol. The highest BCUT2D eigenvalue weighted by Crippen LogP contribution is 2.35. The lowest BCUT2D eigenvalue weighted by Crippen LogP contribution is -2.48. The fourth-order valence-electron chi connectivity index (χ4n) is 4.54. The minimum atomic E-state index is 0.00525. The molecule has 0 unspecified atom stereocenters. The predicted octanol–water partition coefficient (Wildman–Crippen LogP) is 5.89. The summed E-state index contributed by atoms with van der Waals surface area (Å²) in [7, 11) is 0. The Labute approximate surface area is 170 Å². The second-order valence-corrected chi connectivity index (χ2v) is 7.54. The van der Waals surface area contributed by atoms with Gasteiger partial charge in [0.25, 0.3) is 0 Å². The van der Waals surface area contributed by atoms with Crippen molar-refractivity contribution in [3.8, 4) is 11.1 Å². The summed E-state index contributed by atoms with van der Waals surface area (Å²) in [6.45, 7) is 0.00525. The first-order valence-electron chi connectivity index (χ1n) is 10.0. The Bertz CT molecular complexity index is 1330. The highest BCUT2D eigenvalue weighted by atomic mass is 15.0. The number of anilines is 2. The van der Waals surface area contributed by atoms with E-state index in [0.29, 0.717) is 0 Å². The fourth-order valence-corrected chi connectivity index (χ4v) is 4.54. The molecule has 2 nitrogen and oxygen atoms in total. The molecule has 0 aromatic heterocycles. The van der Waals surface area contributed by atoms with Gasteiger partial charge in [0.2, 0.25) is 0 Å². The van der Waals surface area contributed by atoms with Gasteiger partial charge in [0.05, 0.1) is 0 Å². The van der Waals surface area contributed by atoms with Gasteiger partial charge in [-0.15, -0.1) is 0 Å². The average molecular weight is 370 g/mol. The van der Waals surface area contributed by atoms with Gasteiger partial charge >= 0.3 is 6.98 Å². The second-order valence-electron chi connectivity index (χ2n) is 7.54. The maximum absolute atomic E-state index is 3.72. The van der Waals surface area contributed by atoms with Crippen LogP contribution in [0.25, 0.3) is 32.7 Å². The number of fused-ring (bicyclic) bond motifs is 1. The number of hydrogen-bond acceptors (Lipinski definition) is 2. The molecule has 1 aliphatic rings. The Morgan fingerprint density at radius 2 is 1.07 bits per heavy atom. The van der Waals surface area contributed by atoms with E-state index in [1.54, 1.807) is 0 Å². The molecule has 3 heteroatoms. The van der Waals surface area contributed by atoms with E-state index in [0.717, 1.165) is 0 Å². The van der Waals surface area contributed by atoms with Crippen molar-refractivity contribution in [1.82, 2.24) is 0 Å². The van der Waals surface area contributed by atoms with Crippen molar-refractivity contribution in [2.75, 3.05) is 10.5 Å². The molecular formula is C26H19BN2. The molecule has 0 saturated carbocycles. The van der Waals surface area contributed by atoms with Gasteiger partial charge in [0, 0.05) is 16.8 Å². The summed E-state index contributed by atoms with van der Waals surface area (Å²) in [6.07, 6.45) is 0. The lowest BCUT2D eigenvalue weighted by molar-refractivity contribution is 1.59. The first-order chi connectivity index (χ1) is 14.4. The molecule has 0 bridgehead atoms. The molecule has 5 aromatic carbocycles. The standard InChI is InChI=1S/C26H19BN2/c1-2-12-20-18(8-1)9-5-14-21(20)22-13-3-4-15-23(22)27-28-24-16-6-10-19-11-7-17-25(29-27)26(19)24/h1-17,28-29H. The van der Waals surface area contributed by atoms with E-state index < -0.39 is 0 Å². The molecule has 0 spiro atoms. The van der Waals surface area contributed by atoms with Crippen LogP contribution in [0.3, 0.4) is 0 Å². The number of rotatable bonds is 2. The Kier molecular flexibility index (Phi) is 3.60. The van der Waals surface area contributed by atoms with Crippen LogP contribution in [0.1, 0.15) is 0 Å². The first-order valence-corrected chi connectivity index (χ1v) is 10.0. The third-order valence-corrected chi connectivity index (χ3v) is 5.86. The van der Waals surface area contributed by atoms with Crippen LogP contribution in [0.2, 0.25) is 0 Å². The minimum absolute atomic E-state index is 0.00525. The lowest BCUT2D eigenvalue weighted by Gasteiger charge is -2.28. The third kappa shape index (κ3) is 2.59. The predicted molar refractivity (Wildman–Crippen MR) is 126 cm³/mol. The van der Waals surface area contributed by atoms with Crippen LogP contribution in [0.15, 0.2) is 103 Å². The molecule has 1 heterocycles. The van der Waals surface area contributed by atoms with Crippen molar-refractivity contribution in [2.45, 2.75) is 0 Å². The van der Waals surface area contributed by atoms with Crippen molar-refractivity contribution in [3.63, 3.8) is 0 Å². The summed E-state index contributed by atoms with van der Waals surface area (Å²) < 4.78 is 0. The third-order valence-electron chi connectivity index (χ3n) is 5.86. The maximum atomic E-state index is 3.72. The van der Waals surface area contributed by atoms with E-state index in [2.05, 4.69) is 114 Å². The van der Waals surface area contributed by atoms with E-state index in [-0.39, 0.29) is 6.98 Å². The van der Waals surface area contributed by atoms with Crippen molar-refractivity contribution >= 4 is 45.4 Å². The summed E-state index contributed by atoms with van der Waals surface area (Å²) in [5.74, 6) is 0. The lowest BCUT2D eigenvalue weighted by atomic mass is 9.63. The molecule has 136 valence electrons. The molecule has 0 atom stereocenters. The van der Waals surface area contributed by atoms with Gasteiger partial charge in [0.1, 0.15) is 0 Å². The largest absolute Gasteiger partial charge is 0.406 e. The fraction of sp³-hybridized carbons (Fsp3) is 0. The van der Waals surface area contributed by atoms with Crippen LogP contribution in [0.5, 0.6) is 0 Å². The van der Waals surface area contributed by atoms with Crippen LogP contribution >= 0.6 is 0 Å². The van der Waals surface area contributed by atoms with Gasteiger partial charge in [0.15, 0.2) is 0 Å². The van der Waals surface area contributed by atoms with Gasteiger partial charge in [-0.05, 0) is 44.9 Å². The summed E-state index contributed by atoms with van der Waals surface area (Å²) >= 11 is 0.